The Bertz CT molecular complexity index is 502. The molecule has 0 unspecified atom stereocenters. The van der Waals surface area contributed by atoms with Crippen LogP contribution in [0.15, 0.2) is 16.6 Å². The summed E-state index contributed by atoms with van der Waals surface area (Å²) in [7, 11) is -3.29. The molecule has 0 radical (unpaired) electrons. The summed E-state index contributed by atoms with van der Waals surface area (Å²) in [5.74, 6) is 0.126. The smallest absolute Gasteiger partial charge is 0.232 e. The first-order chi connectivity index (χ1) is 7.85. The number of hydrogen-bond donors (Lipinski definition) is 1. The molecule has 1 aromatic carbocycles. The van der Waals surface area contributed by atoms with Gasteiger partial charge in [-0.25, -0.2) is 8.42 Å². The molecular formula is C11H15BrClNO2S. The van der Waals surface area contributed by atoms with Crippen LogP contribution in [-0.2, 0) is 10.0 Å². The van der Waals surface area contributed by atoms with Crippen molar-refractivity contribution in [1.29, 1.82) is 0 Å². The molecule has 0 aliphatic carbocycles. The summed E-state index contributed by atoms with van der Waals surface area (Å²) < 4.78 is 26.7. The highest BCUT2D eigenvalue weighted by atomic mass is 79.9. The Morgan fingerprint density at radius 1 is 1.41 bits per heavy atom. The standard InChI is InChI=1S/C11H15BrClNO2S/c1-3-4-5-17(15,16)14-11-7-10(13)8(2)6-9(11)12/h6-7,14H,3-5H2,1-2H3. The molecule has 3 nitrogen and oxygen atoms in total. The Labute approximate surface area is 116 Å². The van der Waals surface area contributed by atoms with Crippen LogP contribution in [-0.4, -0.2) is 14.2 Å². The topological polar surface area (TPSA) is 46.2 Å². The van der Waals surface area contributed by atoms with Crippen LogP contribution in [0.3, 0.4) is 0 Å². The molecule has 17 heavy (non-hydrogen) atoms. The number of anilines is 1. The Morgan fingerprint density at radius 3 is 2.65 bits per heavy atom. The molecule has 6 heteroatoms. The number of halogens is 2. The fourth-order valence-electron chi connectivity index (χ4n) is 1.28. The zero-order valence-corrected chi connectivity index (χ0v) is 12.9. The maximum atomic E-state index is 11.7. The molecule has 0 bridgehead atoms. The molecule has 0 aliphatic heterocycles. The largest absolute Gasteiger partial charge is 0.282 e. The van der Waals surface area contributed by atoms with Crippen molar-refractivity contribution in [3.8, 4) is 0 Å². The molecule has 0 fully saturated rings. The summed E-state index contributed by atoms with van der Waals surface area (Å²) >= 11 is 9.28. The van der Waals surface area contributed by atoms with E-state index in [0.717, 1.165) is 12.0 Å². The molecule has 0 amide bonds. The highest BCUT2D eigenvalue weighted by Crippen LogP contribution is 2.29. The molecule has 0 spiro atoms. The first-order valence-electron chi connectivity index (χ1n) is 5.32. The average Bonchev–Trinajstić information content (AvgIpc) is 2.23. The van der Waals surface area contributed by atoms with Crippen LogP contribution in [0.2, 0.25) is 5.02 Å². The van der Waals surface area contributed by atoms with Crippen molar-refractivity contribution in [2.75, 3.05) is 10.5 Å². The lowest BCUT2D eigenvalue weighted by Crippen LogP contribution is -2.16. The summed E-state index contributed by atoms with van der Waals surface area (Å²) in [5.41, 5.74) is 1.38. The second-order valence-electron chi connectivity index (χ2n) is 3.86. The predicted octanol–water partition coefficient (Wildman–Crippen LogP) is 3.95. The van der Waals surface area contributed by atoms with Crippen molar-refractivity contribution in [2.45, 2.75) is 26.7 Å². The summed E-state index contributed by atoms with van der Waals surface area (Å²) in [6.07, 6.45) is 1.49. The maximum absolute atomic E-state index is 11.7. The molecule has 0 saturated heterocycles. The zero-order chi connectivity index (χ0) is 13.1. The molecule has 0 atom stereocenters. The van der Waals surface area contributed by atoms with Crippen LogP contribution >= 0.6 is 27.5 Å². The Hall–Kier alpha value is -0.260. The highest BCUT2D eigenvalue weighted by Gasteiger charge is 2.12. The summed E-state index contributed by atoms with van der Waals surface area (Å²) in [6, 6.07) is 3.41. The normalized spacial score (nSPS) is 11.5. The van der Waals surface area contributed by atoms with E-state index >= 15 is 0 Å². The first kappa shape index (κ1) is 14.8. The number of unbranched alkanes of at least 4 members (excludes halogenated alkanes) is 1. The molecule has 1 aromatic rings. The molecule has 0 saturated carbocycles. The molecular weight excluding hydrogens is 326 g/mol. The minimum absolute atomic E-state index is 0.126. The Balaban J connectivity index is 2.92. The lowest BCUT2D eigenvalue weighted by molar-refractivity contribution is 0.598. The molecule has 0 heterocycles. The third-order valence-corrected chi connectivity index (χ3v) is 4.70. The number of rotatable bonds is 5. The maximum Gasteiger partial charge on any atom is 0.232 e. The minimum Gasteiger partial charge on any atom is -0.282 e. The van der Waals surface area contributed by atoms with Crippen LogP contribution in [0.5, 0.6) is 0 Å². The van der Waals surface area contributed by atoms with E-state index in [-0.39, 0.29) is 5.75 Å². The van der Waals surface area contributed by atoms with E-state index in [2.05, 4.69) is 20.7 Å². The van der Waals surface area contributed by atoms with Gasteiger partial charge in [0, 0.05) is 9.50 Å². The van der Waals surface area contributed by atoms with Crippen molar-refractivity contribution < 1.29 is 8.42 Å². The molecule has 0 aromatic heterocycles. The number of sulfonamides is 1. The van der Waals surface area contributed by atoms with Gasteiger partial charge in [0.1, 0.15) is 0 Å². The number of aryl methyl sites for hydroxylation is 1. The van der Waals surface area contributed by atoms with Gasteiger partial charge in [-0.05, 0) is 47.0 Å². The fraction of sp³-hybridized carbons (Fsp3) is 0.455. The summed E-state index contributed by atoms with van der Waals surface area (Å²) in [4.78, 5) is 0. The van der Waals surface area contributed by atoms with Gasteiger partial charge >= 0.3 is 0 Å². The van der Waals surface area contributed by atoms with Crippen molar-refractivity contribution >= 4 is 43.2 Å². The second kappa shape index (κ2) is 6.07. The summed E-state index contributed by atoms with van der Waals surface area (Å²) in [6.45, 7) is 3.82. The van der Waals surface area contributed by atoms with Crippen molar-refractivity contribution in [1.82, 2.24) is 0 Å². The lowest BCUT2D eigenvalue weighted by Gasteiger charge is -2.11. The van der Waals surface area contributed by atoms with Gasteiger partial charge in [-0.3, -0.25) is 4.72 Å². The lowest BCUT2D eigenvalue weighted by atomic mass is 10.2. The van der Waals surface area contributed by atoms with Crippen molar-refractivity contribution in [2.24, 2.45) is 0 Å². The molecule has 0 aliphatic rings. The molecule has 1 N–H and O–H groups in total. The predicted molar refractivity (Wildman–Crippen MR) is 76.2 cm³/mol. The van der Waals surface area contributed by atoms with Gasteiger partial charge in [0.25, 0.3) is 0 Å². The first-order valence-corrected chi connectivity index (χ1v) is 8.14. The van der Waals surface area contributed by atoms with E-state index in [9.17, 15) is 8.42 Å². The zero-order valence-electron chi connectivity index (χ0n) is 9.76. The van der Waals surface area contributed by atoms with E-state index in [1.165, 1.54) is 0 Å². The third-order valence-electron chi connectivity index (χ3n) is 2.28. The van der Waals surface area contributed by atoms with Crippen LogP contribution in [0, 0.1) is 6.92 Å². The third kappa shape index (κ3) is 4.48. The van der Waals surface area contributed by atoms with Crippen LogP contribution < -0.4 is 4.72 Å². The highest BCUT2D eigenvalue weighted by molar-refractivity contribution is 9.10. The van der Waals surface area contributed by atoms with Crippen molar-refractivity contribution in [3.63, 3.8) is 0 Å². The van der Waals surface area contributed by atoms with Crippen LogP contribution in [0.4, 0.5) is 5.69 Å². The average molecular weight is 341 g/mol. The van der Waals surface area contributed by atoms with Gasteiger partial charge in [0.05, 0.1) is 11.4 Å². The van der Waals surface area contributed by atoms with E-state index < -0.39 is 10.0 Å². The molecule has 1 rings (SSSR count). The van der Waals surface area contributed by atoms with Crippen LogP contribution in [0.1, 0.15) is 25.3 Å². The van der Waals surface area contributed by atoms with Gasteiger partial charge in [0.2, 0.25) is 10.0 Å². The van der Waals surface area contributed by atoms with Gasteiger partial charge in [-0.2, -0.15) is 0 Å². The SMILES string of the molecule is CCCCS(=O)(=O)Nc1cc(Cl)c(C)cc1Br. The van der Waals surface area contributed by atoms with Crippen molar-refractivity contribution in [3.05, 3.63) is 27.2 Å². The van der Waals surface area contributed by atoms with E-state index in [4.69, 9.17) is 11.6 Å². The second-order valence-corrected chi connectivity index (χ2v) is 6.96. The van der Waals surface area contributed by atoms with Gasteiger partial charge in [0.15, 0.2) is 0 Å². The Kier molecular flexibility index (Phi) is 5.28. The monoisotopic (exact) mass is 339 g/mol. The van der Waals surface area contributed by atoms with E-state index in [0.29, 0.717) is 21.6 Å². The van der Waals surface area contributed by atoms with Gasteiger partial charge < -0.3 is 0 Å². The summed E-state index contributed by atoms with van der Waals surface area (Å²) in [5, 5.41) is 0.543. The fourth-order valence-corrected chi connectivity index (χ4v) is 3.40. The number of benzene rings is 1. The van der Waals surface area contributed by atoms with Crippen LogP contribution in [0.25, 0.3) is 0 Å². The van der Waals surface area contributed by atoms with Gasteiger partial charge in [-0.1, -0.05) is 24.9 Å². The van der Waals surface area contributed by atoms with E-state index in [1.807, 2.05) is 13.8 Å². The molecule has 96 valence electrons. The van der Waals surface area contributed by atoms with Gasteiger partial charge in [-0.15, -0.1) is 0 Å². The quantitative estimate of drug-likeness (QED) is 0.882. The minimum atomic E-state index is -3.29. The Morgan fingerprint density at radius 2 is 2.06 bits per heavy atom. The van der Waals surface area contributed by atoms with E-state index in [1.54, 1.807) is 12.1 Å². The number of hydrogen-bond acceptors (Lipinski definition) is 2. The number of nitrogens with one attached hydrogen (secondary N) is 1.